The maximum absolute atomic E-state index is 11.6. The first-order valence-corrected chi connectivity index (χ1v) is 5.75. The number of hydrogen-bond donors (Lipinski definition) is 2. The quantitative estimate of drug-likeness (QED) is 0.749. The number of likely N-dealkylation sites (N-methyl/N-ethyl adjacent to an activating group) is 1. The lowest BCUT2D eigenvalue weighted by molar-refractivity contribution is -0.129. The topological polar surface area (TPSA) is 113 Å². The molecule has 0 aliphatic heterocycles. The minimum absolute atomic E-state index is 0.171. The highest BCUT2D eigenvalue weighted by molar-refractivity contribution is 5.96. The van der Waals surface area contributed by atoms with Gasteiger partial charge in [-0.3, -0.25) is 9.59 Å². The van der Waals surface area contributed by atoms with Crippen LogP contribution in [0.5, 0.6) is 0 Å². The number of nitrogens with zero attached hydrogens (tertiary/aromatic N) is 2. The monoisotopic (exact) mass is 269 g/mol. The first kappa shape index (κ1) is 14.7. The molecule has 19 heavy (non-hydrogen) atoms. The maximum Gasteiger partial charge on any atom is 0.374 e. The molecule has 2 amide bonds. The van der Waals surface area contributed by atoms with Crippen molar-refractivity contribution >= 4 is 17.8 Å². The lowest BCUT2D eigenvalue weighted by Gasteiger charge is -2.18. The summed E-state index contributed by atoms with van der Waals surface area (Å²) in [4.78, 5) is 35.3. The third kappa shape index (κ3) is 3.80. The predicted octanol–water partition coefficient (Wildman–Crippen LogP) is -0.0290. The molecule has 0 saturated carbocycles. The van der Waals surface area contributed by atoms with Gasteiger partial charge in [-0.15, -0.1) is 0 Å². The van der Waals surface area contributed by atoms with Crippen LogP contribution in [0.4, 0.5) is 0 Å². The van der Waals surface area contributed by atoms with Crippen LogP contribution in [0.1, 0.15) is 34.9 Å². The van der Waals surface area contributed by atoms with Crippen molar-refractivity contribution in [2.24, 2.45) is 0 Å². The molecule has 0 bridgehead atoms. The zero-order chi connectivity index (χ0) is 14.4. The Bertz CT molecular complexity index is 478. The smallest absolute Gasteiger partial charge is 0.374 e. The van der Waals surface area contributed by atoms with Gasteiger partial charge in [-0.2, -0.15) is 0 Å². The van der Waals surface area contributed by atoms with Gasteiger partial charge >= 0.3 is 5.97 Å². The molecule has 2 N–H and O–H groups in total. The van der Waals surface area contributed by atoms with Gasteiger partial charge in [0.1, 0.15) is 0 Å². The molecule has 0 fully saturated rings. The van der Waals surface area contributed by atoms with Crippen molar-refractivity contribution in [3.63, 3.8) is 0 Å². The molecule has 8 heteroatoms. The molecule has 104 valence electrons. The largest absolute Gasteiger partial charge is 0.475 e. The maximum atomic E-state index is 11.6. The Kier molecular flexibility index (Phi) is 5.04. The number of carboxylic acids is 1. The number of carboxylic acid groups (broad SMARTS) is 1. The highest BCUT2D eigenvalue weighted by Gasteiger charge is 2.18. The van der Waals surface area contributed by atoms with Crippen molar-refractivity contribution in [2.45, 2.75) is 13.8 Å². The summed E-state index contributed by atoms with van der Waals surface area (Å²) in [7, 11) is 0. The Morgan fingerprint density at radius 3 is 2.47 bits per heavy atom. The molecule has 0 unspecified atom stereocenters. The normalized spacial score (nSPS) is 10.0. The van der Waals surface area contributed by atoms with Crippen LogP contribution in [0.3, 0.4) is 0 Å². The van der Waals surface area contributed by atoms with Crippen LogP contribution in [-0.4, -0.2) is 52.6 Å². The molecule has 1 aromatic rings. The third-order valence-electron chi connectivity index (χ3n) is 2.47. The van der Waals surface area contributed by atoms with Gasteiger partial charge in [-0.1, -0.05) is 5.16 Å². The SMILES string of the molecule is CCN(CC)C(=O)CNC(=O)c1cc(C(=O)O)on1. The molecule has 0 aliphatic carbocycles. The summed E-state index contributed by atoms with van der Waals surface area (Å²) in [6.45, 7) is 4.60. The minimum atomic E-state index is -1.31. The highest BCUT2D eigenvalue weighted by Crippen LogP contribution is 2.03. The fourth-order valence-electron chi connectivity index (χ4n) is 1.42. The average molecular weight is 269 g/mol. The van der Waals surface area contributed by atoms with Crippen molar-refractivity contribution < 1.29 is 24.0 Å². The fourth-order valence-corrected chi connectivity index (χ4v) is 1.42. The molecule has 1 aromatic heterocycles. The Morgan fingerprint density at radius 2 is 2.00 bits per heavy atom. The fraction of sp³-hybridized carbons (Fsp3) is 0.455. The van der Waals surface area contributed by atoms with Crippen LogP contribution in [0, 0.1) is 0 Å². The molecule has 8 nitrogen and oxygen atoms in total. The average Bonchev–Trinajstić information content (AvgIpc) is 2.87. The number of rotatable bonds is 6. The minimum Gasteiger partial charge on any atom is -0.475 e. The van der Waals surface area contributed by atoms with E-state index in [0.29, 0.717) is 13.1 Å². The van der Waals surface area contributed by atoms with E-state index in [1.54, 1.807) is 4.90 Å². The summed E-state index contributed by atoms with van der Waals surface area (Å²) in [6, 6.07) is 1.000. The summed E-state index contributed by atoms with van der Waals surface area (Å²) < 4.78 is 4.44. The van der Waals surface area contributed by atoms with Crippen LogP contribution < -0.4 is 5.32 Å². The molecule has 0 atom stereocenters. The number of carbonyl (C=O) groups is 3. The molecule has 0 saturated heterocycles. The van der Waals surface area contributed by atoms with Crippen molar-refractivity contribution in [1.82, 2.24) is 15.4 Å². The van der Waals surface area contributed by atoms with Crippen molar-refractivity contribution in [1.29, 1.82) is 0 Å². The van der Waals surface area contributed by atoms with Gasteiger partial charge in [0.05, 0.1) is 6.54 Å². The van der Waals surface area contributed by atoms with E-state index in [1.165, 1.54) is 0 Å². The predicted molar refractivity (Wildman–Crippen MR) is 63.7 cm³/mol. The van der Waals surface area contributed by atoms with E-state index in [4.69, 9.17) is 5.11 Å². The summed E-state index contributed by atoms with van der Waals surface area (Å²) in [5.41, 5.74) is -0.176. The van der Waals surface area contributed by atoms with Crippen LogP contribution >= 0.6 is 0 Å². The third-order valence-corrected chi connectivity index (χ3v) is 2.47. The molecule has 0 spiro atoms. The highest BCUT2D eigenvalue weighted by atomic mass is 16.5. The van der Waals surface area contributed by atoms with E-state index in [-0.39, 0.29) is 18.1 Å². The second-order valence-electron chi connectivity index (χ2n) is 3.63. The Labute approximate surface area is 109 Å². The van der Waals surface area contributed by atoms with E-state index in [2.05, 4.69) is 15.0 Å². The van der Waals surface area contributed by atoms with Crippen LogP contribution in [-0.2, 0) is 4.79 Å². The Hall–Kier alpha value is -2.38. The zero-order valence-electron chi connectivity index (χ0n) is 10.7. The number of aromatic carboxylic acids is 1. The lowest BCUT2D eigenvalue weighted by Crippen LogP contribution is -2.40. The van der Waals surface area contributed by atoms with Gasteiger partial charge in [0.15, 0.2) is 5.69 Å². The van der Waals surface area contributed by atoms with E-state index < -0.39 is 17.6 Å². The molecular formula is C11H15N3O5. The summed E-state index contributed by atoms with van der Waals surface area (Å²) >= 11 is 0. The van der Waals surface area contributed by atoms with Gasteiger partial charge in [0.2, 0.25) is 11.7 Å². The molecule has 0 aliphatic rings. The first-order chi connectivity index (χ1) is 8.99. The van der Waals surface area contributed by atoms with E-state index in [9.17, 15) is 14.4 Å². The van der Waals surface area contributed by atoms with Crippen molar-refractivity contribution in [3.05, 3.63) is 17.5 Å². The van der Waals surface area contributed by atoms with E-state index >= 15 is 0 Å². The molecule has 0 aromatic carbocycles. The lowest BCUT2D eigenvalue weighted by atomic mass is 10.3. The number of amides is 2. The number of nitrogens with one attached hydrogen (secondary N) is 1. The van der Waals surface area contributed by atoms with Gasteiger partial charge in [-0.25, -0.2) is 4.79 Å². The van der Waals surface area contributed by atoms with Crippen LogP contribution in [0.25, 0.3) is 0 Å². The molecule has 0 radical (unpaired) electrons. The first-order valence-electron chi connectivity index (χ1n) is 5.75. The van der Waals surface area contributed by atoms with Crippen LogP contribution in [0.15, 0.2) is 10.6 Å². The number of aromatic nitrogens is 1. The second kappa shape index (κ2) is 6.53. The molecule has 1 heterocycles. The van der Waals surface area contributed by atoms with Gasteiger partial charge in [-0.05, 0) is 13.8 Å². The molecular weight excluding hydrogens is 254 g/mol. The standard InChI is InChI=1S/C11H15N3O5/c1-3-14(4-2)9(15)6-12-10(16)7-5-8(11(17)18)19-13-7/h5H,3-4,6H2,1-2H3,(H,12,16)(H,17,18). The number of carbonyl (C=O) groups excluding carboxylic acids is 2. The number of hydrogen-bond acceptors (Lipinski definition) is 5. The Morgan fingerprint density at radius 1 is 1.37 bits per heavy atom. The summed E-state index contributed by atoms with van der Waals surface area (Å²) in [6.07, 6.45) is 0. The zero-order valence-corrected chi connectivity index (χ0v) is 10.7. The summed E-state index contributed by atoms with van der Waals surface area (Å²) in [5, 5.41) is 14.3. The van der Waals surface area contributed by atoms with E-state index in [1.807, 2.05) is 13.8 Å². The molecule has 1 rings (SSSR count). The van der Waals surface area contributed by atoms with Gasteiger partial charge in [0, 0.05) is 19.2 Å². The van der Waals surface area contributed by atoms with Crippen molar-refractivity contribution in [3.8, 4) is 0 Å². The van der Waals surface area contributed by atoms with Crippen LogP contribution in [0.2, 0.25) is 0 Å². The van der Waals surface area contributed by atoms with Crippen molar-refractivity contribution in [2.75, 3.05) is 19.6 Å². The van der Waals surface area contributed by atoms with E-state index in [0.717, 1.165) is 6.07 Å². The second-order valence-corrected chi connectivity index (χ2v) is 3.63. The van der Waals surface area contributed by atoms with Gasteiger partial charge < -0.3 is 19.8 Å². The van der Waals surface area contributed by atoms with Gasteiger partial charge in [0.25, 0.3) is 5.91 Å². The Balaban J connectivity index is 2.55. The summed E-state index contributed by atoms with van der Waals surface area (Å²) in [5.74, 6) is -2.62.